The number of hydrogen-bond donors (Lipinski definition) is 0. The summed E-state index contributed by atoms with van der Waals surface area (Å²) in [6.07, 6.45) is 6.32. The summed E-state index contributed by atoms with van der Waals surface area (Å²) in [5.74, 6) is -0.0303. The monoisotopic (exact) mass is 446 g/mol. The standard InChI is InChI=1S/C23H19BrN4O/c1-15-19-3-2-4-20(16-7-10-25-11-8-16)21(19)9-12-27(15)23(29)22-13-18-6-5-17(24)14-28(18)26-22/h2-8,10-11,13-15H,9,12H2,1H3. The van der Waals surface area contributed by atoms with Crippen molar-refractivity contribution in [3.8, 4) is 11.1 Å². The van der Waals surface area contributed by atoms with E-state index in [0.717, 1.165) is 22.0 Å². The van der Waals surface area contributed by atoms with E-state index in [2.05, 4.69) is 51.1 Å². The fraction of sp³-hybridized carbons (Fsp3) is 0.174. The molecule has 1 aliphatic heterocycles. The lowest BCUT2D eigenvalue weighted by Gasteiger charge is -2.36. The van der Waals surface area contributed by atoms with Gasteiger partial charge in [0.05, 0.1) is 11.6 Å². The molecule has 0 spiro atoms. The van der Waals surface area contributed by atoms with Crippen LogP contribution in [-0.2, 0) is 6.42 Å². The van der Waals surface area contributed by atoms with E-state index < -0.39 is 0 Å². The van der Waals surface area contributed by atoms with E-state index in [1.54, 1.807) is 4.52 Å². The number of aromatic nitrogens is 3. The summed E-state index contributed by atoms with van der Waals surface area (Å²) < 4.78 is 2.66. The van der Waals surface area contributed by atoms with Gasteiger partial charge in [0.25, 0.3) is 5.91 Å². The Hall–Kier alpha value is -2.99. The fourth-order valence-electron chi connectivity index (χ4n) is 4.16. The van der Waals surface area contributed by atoms with Crippen molar-refractivity contribution in [2.75, 3.05) is 6.54 Å². The third-order valence-corrected chi connectivity index (χ3v) is 6.10. The number of fused-ring (bicyclic) bond motifs is 2. The lowest BCUT2D eigenvalue weighted by molar-refractivity contribution is 0.0671. The second-order valence-electron chi connectivity index (χ2n) is 7.28. The molecule has 5 nitrogen and oxygen atoms in total. The largest absolute Gasteiger partial charge is 0.330 e. The average molecular weight is 447 g/mol. The Morgan fingerprint density at radius 2 is 1.97 bits per heavy atom. The van der Waals surface area contributed by atoms with Crippen LogP contribution in [-0.4, -0.2) is 31.9 Å². The molecule has 1 aromatic carbocycles. The highest BCUT2D eigenvalue weighted by molar-refractivity contribution is 9.10. The van der Waals surface area contributed by atoms with Gasteiger partial charge in [0.2, 0.25) is 0 Å². The van der Waals surface area contributed by atoms with Crippen LogP contribution in [0.4, 0.5) is 0 Å². The predicted octanol–water partition coefficient (Wildman–Crippen LogP) is 4.92. The number of amides is 1. The number of carbonyl (C=O) groups excluding carboxylic acids is 1. The molecule has 0 radical (unpaired) electrons. The van der Waals surface area contributed by atoms with E-state index in [0.29, 0.717) is 12.2 Å². The molecule has 6 heteroatoms. The number of hydrogen-bond acceptors (Lipinski definition) is 3. The number of benzene rings is 1. The van der Waals surface area contributed by atoms with Crippen molar-refractivity contribution < 1.29 is 4.79 Å². The van der Waals surface area contributed by atoms with E-state index in [1.807, 2.05) is 53.8 Å². The van der Waals surface area contributed by atoms with Crippen LogP contribution in [0, 0.1) is 0 Å². The highest BCUT2D eigenvalue weighted by Crippen LogP contribution is 2.36. The van der Waals surface area contributed by atoms with E-state index in [9.17, 15) is 4.79 Å². The van der Waals surface area contributed by atoms with Gasteiger partial charge in [-0.3, -0.25) is 9.78 Å². The summed E-state index contributed by atoms with van der Waals surface area (Å²) in [6.45, 7) is 2.77. The van der Waals surface area contributed by atoms with Crippen molar-refractivity contribution in [1.29, 1.82) is 0 Å². The normalized spacial score (nSPS) is 16.1. The molecule has 1 aliphatic rings. The molecule has 0 aliphatic carbocycles. The van der Waals surface area contributed by atoms with Gasteiger partial charge in [-0.15, -0.1) is 0 Å². The number of carbonyl (C=O) groups is 1. The molecule has 1 unspecified atom stereocenters. The van der Waals surface area contributed by atoms with Gasteiger partial charge in [-0.25, -0.2) is 4.52 Å². The summed E-state index contributed by atoms with van der Waals surface area (Å²) >= 11 is 3.45. The molecular weight excluding hydrogens is 428 g/mol. The maximum atomic E-state index is 13.3. The Morgan fingerprint density at radius 1 is 1.14 bits per heavy atom. The quantitative estimate of drug-likeness (QED) is 0.439. The zero-order valence-electron chi connectivity index (χ0n) is 15.9. The molecule has 1 atom stereocenters. The summed E-state index contributed by atoms with van der Waals surface area (Å²) in [5, 5.41) is 4.49. The average Bonchev–Trinajstić information content (AvgIpc) is 3.17. The minimum absolute atomic E-state index is 0.00964. The van der Waals surface area contributed by atoms with E-state index in [1.165, 1.54) is 16.7 Å². The Morgan fingerprint density at radius 3 is 2.79 bits per heavy atom. The van der Waals surface area contributed by atoms with Crippen molar-refractivity contribution in [1.82, 2.24) is 19.5 Å². The van der Waals surface area contributed by atoms with E-state index in [4.69, 9.17) is 0 Å². The Labute approximate surface area is 177 Å². The number of halogens is 1. The Bertz CT molecular complexity index is 1220. The molecular formula is C23H19BrN4O. The lowest BCUT2D eigenvalue weighted by Crippen LogP contribution is -2.39. The van der Waals surface area contributed by atoms with E-state index in [-0.39, 0.29) is 11.9 Å². The third-order valence-electron chi connectivity index (χ3n) is 5.63. The topological polar surface area (TPSA) is 50.5 Å². The first-order valence-corrected chi connectivity index (χ1v) is 10.4. The third kappa shape index (κ3) is 3.13. The molecule has 1 amide bonds. The number of pyridine rings is 2. The molecule has 0 saturated heterocycles. The Balaban J connectivity index is 1.49. The van der Waals surface area contributed by atoms with Gasteiger partial charge in [-0.1, -0.05) is 18.2 Å². The van der Waals surface area contributed by atoms with Crippen molar-refractivity contribution in [2.24, 2.45) is 0 Å². The lowest BCUT2D eigenvalue weighted by atomic mass is 9.87. The minimum Gasteiger partial charge on any atom is -0.330 e. The molecule has 0 bridgehead atoms. The zero-order chi connectivity index (χ0) is 20.0. The first kappa shape index (κ1) is 18.1. The van der Waals surface area contributed by atoms with Crippen LogP contribution in [0.1, 0.15) is 34.6 Å². The number of nitrogens with zero attached hydrogens (tertiary/aromatic N) is 4. The van der Waals surface area contributed by atoms with E-state index >= 15 is 0 Å². The molecule has 29 heavy (non-hydrogen) atoms. The van der Waals surface area contributed by atoms with Gasteiger partial charge in [0.15, 0.2) is 5.69 Å². The van der Waals surface area contributed by atoms with Gasteiger partial charge in [0, 0.05) is 29.6 Å². The van der Waals surface area contributed by atoms with Crippen LogP contribution >= 0.6 is 15.9 Å². The predicted molar refractivity (Wildman–Crippen MR) is 116 cm³/mol. The highest BCUT2D eigenvalue weighted by atomic mass is 79.9. The zero-order valence-corrected chi connectivity index (χ0v) is 17.5. The second kappa shape index (κ2) is 7.12. The van der Waals surface area contributed by atoms with Gasteiger partial charge < -0.3 is 4.90 Å². The number of rotatable bonds is 2. The van der Waals surface area contributed by atoms with Crippen molar-refractivity contribution in [3.63, 3.8) is 0 Å². The molecule has 3 aromatic heterocycles. The van der Waals surface area contributed by atoms with Gasteiger partial charge >= 0.3 is 0 Å². The van der Waals surface area contributed by atoms with Crippen LogP contribution in [0.15, 0.2) is 71.6 Å². The summed E-state index contributed by atoms with van der Waals surface area (Å²) in [5.41, 5.74) is 6.28. The molecule has 4 heterocycles. The molecule has 5 rings (SSSR count). The van der Waals surface area contributed by atoms with Crippen LogP contribution in [0.3, 0.4) is 0 Å². The minimum atomic E-state index is -0.0303. The molecule has 0 saturated carbocycles. The second-order valence-corrected chi connectivity index (χ2v) is 8.20. The first-order valence-electron chi connectivity index (χ1n) is 9.60. The van der Waals surface area contributed by atoms with Gasteiger partial charge in [0.1, 0.15) is 0 Å². The summed E-state index contributed by atoms with van der Waals surface area (Å²) in [4.78, 5) is 19.3. The smallest absolute Gasteiger partial charge is 0.274 e. The fourth-order valence-corrected chi connectivity index (χ4v) is 4.49. The molecule has 144 valence electrons. The SMILES string of the molecule is CC1c2cccc(-c3ccncc3)c2CCN1C(=O)c1cc2ccc(Br)cn2n1. The van der Waals surface area contributed by atoms with Crippen molar-refractivity contribution in [2.45, 2.75) is 19.4 Å². The molecule has 4 aromatic rings. The first-order chi connectivity index (χ1) is 14.1. The van der Waals surface area contributed by atoms with Crippen LogP contribution in [0.5, 0.6) is 0 Å². The highest BCUT2D eigenvalue weighted by Gasteiger charge is 2.30. The van der Waals surface area contributed by atoms with Crippen LogP contribution in [0.25, 0.3) is 16.6 Å². The van der Waals surface area contributed by atoms with Gasteiger partial charge in [-0.05, 0) is 81.9 Å². The van der Waals surface area contributed by atoms with Crippen molar-refractivity contribution >= 4 is 27.4 Å². The maximum Gasteiger partial charge on any atom is 0.274 e. The molecule has 0 fully saturated rings. The summed E-state index contributed by atoms with van der Waals surface area (Å²) in [7, 11) is 0. The maximum absolute atomic E-state index is 13.3. The van der Waals surface area contributed by atoms with Crippen LogP contribution in [0.2, 0.25) is 0 Å². The summed E-state index contributed by atoms with van der Waals surface area (Å²) in [6, 6.07) is 16.2. The van der Waals surface area contributed by atoms with Crippen LogP contribution < -0.4 is 0 Å². The van der Waals surface area contributed by atoms with Crippen molar-refractivity contribution in [3.05, 3.63) is 88.4 Å². The molecule has 0 N–H and O–H groups in total. The Kier molecular flexibility index (Phi) is 4.43. The van der Waals surface area contributed by atoms with Gasteiger partial charge in [-0.2, -0.15) is 5.10 Å².